The maximum absolute atomic E-state index is 11.8. The van der Waals surface area contributed by atoms with E-state index in [9.17, 15) is 9.90 Å². The zero-order valence-corrected chi connectivity index (χ0v) is 17.0. The van der Waals surface area contributed by atoms with Crippen LogP contribution in [0.4, 0.5) is 5.00 Å². The molecule has 0 aliphatic heterocycles. The summed E-state index contributed by atoms with van der Waals surface area (Å²) in [6.07, 6.45) is 1.72. The lowest BCUT2D eigenvalue weighted by molar-refractivity contribution is 0.0699. The molecule has 0 radical (unpaired) electrons. The first-order chi connectivity index (χ1) is 12.6. The number of hydrogen-bond donors (Lipinski definition) is 2. The van der Waals surface area contributed by atoms with Gasteiger partial charge in [0, 0.05) is 27.0 Å². The molecule has 0 aliphatic rings. The van der Waals surface area contributed by atoms with E-state index >= 15 is 0 Å². The Bertz CT molecular complexity index is 908. The van der Waals surface area contributed by atoms with Gasteiger partial charge in [-0.1, -0.05) is 57.9 Å². The molecule has 0 fully saturated rings. The van der Waals surface area contributed by atoms with Gasteiger partial charge in [0.05, 0.1) is 0 Å². The van der Waals surface area contributed by atoms with E-state index in [1.165, 1.54) is 11.3 Å². The first-order valence-corrected chi connectivity index (χ1v) is 10.2. The fourth-order valence-electron chi connectivity index (χ4n) is 2.72. The lowest BCUT2D eigenvalue weighted by Gasteiger charge is -2.08. The molecule has 0 atom stereocenters. The SMILES string of the molecule is O=C(O)c1c(-c2ccc(Br)cc2)csc1NCCCc1ccccc1Cl. The Balaban J connectivity index is 1.69. The molecule has 0 spiro atoms. The quantitative estimate of drug-likeness (QED) is 0.400. The topological polar surface area (TPSA) is 49.3 Å². The Hall–Kier alpha value is -1.82. The third-order valence-electron chi connectivity index (χ3n) is 4.03. The van der Waals surface area contributed by atoms with Crippen molar-refractivity contribution in [1.29, 1.82) is 0 Å². The van der Waals surface area contributed by atoms with Crippen LogP contribution in [0.25, 0.3) is 11.1 Å². The minimum Gasteiger partial charge on any atom is -0.478 e. The summed E-state index contributed by atoms with van der Waals surface area (Å²) in [5.74, 6) is -0.919. The molecular weight excluding hydrogens is 434 g/mol. The summed E-state index contributed by atoms with van der Waals surface area (Å²) in [5, 5.41) is 16.3. The Morgan fingerprint density at radius 3 is 2.58 bits per heavy atom. The van der Waals surface area contributed by atoms with Crippen LogP contribution in [0.2, 0.25) is 5.02 Å². The highest BCUT2D eigenvalue weighted by Gasteiger charge is 2.19. The molecule has 3 rings (SSSR count). The smallest absolute Gasteiger partial charge is 0.339 e. The normalized spacial score (nSPS) is 10.7. The van der Waals surface area contributed by atoms with Crippen LogP contribution in [0.1, 0.15) is 22.3 Å². The summed E-state index contributed by atoms with van der Waals surface area (Å²) in [5.41, 5.74) is 3.07. The van der Waals surface area contributed by atoms with E-state index in [1.54, 1.807) is 0 Å². The summed E-state index contributed by atoms with van der Waals surface area (Å²) in [6.45, 7) is 0.686. The maximum Gasteiger partial charge on any atom is 0.339 e. The van der Waals surface area contributed by atoms with E-state index in [2.05, 4.69) is 21.2 Å². The highest BCUT2D eigenvalue weighted by Crippen LogP contribution is 2.36. The first-order valence-electron chi connectivity index (χ1n) is 8.14. The number of benzene rings is 2. The molecular formula is C20H17BrClNO2S. The molecule has 0 saturated carbocycles. The monoisotopic (exact) mass is 449 g/mol. The minimum absolute atomic E-state index is 0.329. The largest absolute Gasteiger partial charge is 0.478 e. The highest BCUT2D eigenvalue weighted by molar-refractivity contribution is 9.10. The van der Waals surface area contributed by atoms with Crippen molar-refractivity contribution in [1.82, 2.24) is 0 Å². The average Bonchev–Trinajstić information content (AvgIpc) is 3.05. The number of halogens is 2. The Morgan fingerprint density at radius 2 is 1.88 bits per heavy atom. The Kier molecular flexibility index (Phi) is 6.35. The van der Waals surface area contributed by atoms with Gasteiger partial charge in [-0.2, -0.15) is 0 Å². The summed E-state index contributed by atoms with van der Waals surface area (Å²) < 4.78 is 0.964. The zero-order chi connectivity index (χ0) is 18.5. The Morgan fingerprint density at radius 1 is 1.15 bits per heavy atom. The van der Waals surface area contributed by atoms with Crippen LogP contribution >= 0.6 is 38.9 Å². The lowest BCUT2D eigenvalue weighted by Crippen LogP contribution is -2.07. The van der Waals surface area contributed by atoms with E-state index < -0.39 is 5.97 Å². The fourth-order valence-corrected chi connectivity index (χ4v) is 4.21. The second kappa shape index (κ2) is 8.71. The van der Waals surface area contributed by atoms with Gasteiger partial charge in [0.2, 0.25) is 0 Å². The molecule has 0 saturated heterocycles. The lowest BCUT2D eigenvalue weighted by atomic mass is 10.0. The molecule has 2 aromatic carbocycles. The first kappa shape index (κ1) is 19.0. The van der Waals surface area contributed by atoms with Gasteiger partial charge < -0.3 is 10.4 Å². The molecule has 0 amide bonds. The van der Waals surface area contributed by atoms with Crippen molar-refractivity contribution in [3.8, 4) is 11.1 Å². The molecule has 134 valence electrons. The van der Waals surface area contributed by atoms with Crippen LogP contribution < -0.4 is 5.32 Å². The molecule has 1 heterocycles. The molecule has 0 bridgehead atoms. The highest BCUT2D eigenvalue weighted by atomic mass is 79.9. The van der Waals surface area contributed by atoms with Crippen molar-refractivity contribution in [2.75, 3.05) is 11.9 Å². The molecule has 3 aromatic rings. The van der Waals surface area contributed by atoms with Gasteiger partial charge in [-0.05, 0) is 42.2 Å². The molecule has 1 aromatic heterocycles. The van der Waals surface area contributed by atoms with Crippen molar-refractivity contribution < 1.29 is 9.90 Å². The zero-order valence-electron chi connectivity index (χ0n) is 13.8. The van der Waals surface area contributed by atoms with Gasteiger partial charge in [0.15, 0.2) is 0 Å². The van der Waals surface area contributed by atoms with Gasteiger partial charge in [-0.3, -0.25) is 0 Å². The number of anilines is 1. The van der Waals surface area contributed by atoms with Gasteiger partial charge in [0.1, 0.15) is 10.6 Å². The second-order valence-corrected chi connectivity index (χ2v) is 7.99. The van der Waals surface area contributed by atoms with Gasteiger partial charge in [0.25, 0.3) is 0 Å². The molecule has 2 N–H and O–H groups in total. The van der Waals surface area contributed by atoms with Crippen LogP contribution in [0, 0.1) is 0 Å². The molecule has 26 heavy (non-hydrogen) atoms. The van der Waals surface area contributed by atoms with E-state index in [0.29, 0.717) is 17.1 Å². The number of aryl methyl sites for hydroxylation is 1. The van der Waals surface area contributed by atoms with Crippen molar-refractivity contribution in [2.24, 2.45) is 0 Å². The Labute approximate surface area is 169 Å². The number of carboxylic acid groups (broad SMARTS) is 1. The standard InChI is InChI=1S/C20H17BrClNO2S/c21-15-9-7-13(8-10-15)16-12-26-19(18(16)20(24)25)23-11-3-5-14-4-1-2-6-17(14)22/h1-2,4,6-10,12,23H,3,5,11H2,(H,24,25). The van der Waals surface area contributed by atoms with Crippen LogP contribution in [0.3, 0.4) is 0 Å². The number of aromatic carboxylic acids is 1. The van der Waals surface area contributed by atoms with Gasteiger partial charge in [-0.15, -0.1) is 11.3 Å². The van der Waals surface area contributed by atoms with E-state index in [1.807, 2.05) is 53.9 Å². The van der Waals surface area contributed by atoms with Crippen molar-refractivity contribution in [3.63, 3.8) is 0 Å². The fraction of sp³-hybridized carbons (Fsp3) is 0.150. The molecule has 6 heteroatoms. The summed E-state index contributed by atoms with van der Waals surface area (Å²) >= 11 is 11.0. The van der Waals surface area contributed by atoms with Crippen LogP contribution in [0.5, 0.6) is 0 Å². The number of nitrogens with one attached hydrogen (secondary N) is 1. The van der Waals surface area contributed by atoms with Crippen molar-refractivity contribution in [2.45, 2.75) is 12.8 Å². The van der Waals surface area contributed by atoms with Crippen LogP contribution in [0.15, 0.2) is 58.4 Å². The van der Waals surface area contributed by atoms with E-state index in [4.69, 9.17) is 11.6 Å². The van der Waals surface area contributed by atoms with Crippen molar-refractivity contribution >= 4 is 49.8 Å². The molecule has 3 nitrogen and oxygen atoms in total. The number of rotatable bonds is 7. The predicted octanol–water partition coefficient (Wildman–Crippen LogP) is 6.57. The number of thiophene rings is 1. The minimum atomic E-state index is -0.919. The predicted molar refractivity (Wildman–Crippen MR) is 113 cm³/mol. The van der Waals surface area contributed by atoms with Gasteiger partial charge in [-0.25, -0.2) is 4.79 Å². The van der Waals surface area contributed by atoms with Gasteiger partial charge >= 0.3 is 5.97 Å². The van der Waals surface area contributed by atoms with Crippen LogP contribution in [-0.2, 0) is 6.42 Å². The maximum atomic E-state index is 11.8. The summed E-state index contributed by atoms with van der Waals surface area (Å²) in [4.78, 5) is 11.8. The number of carboxylic acids is 1. The molecule has 0 unspecified atom stereocenters. The number of carbonyl (C=O) groups is 1. The van der Waals surface area contributed by atoms with Crippen LogP contribution in [-0.4, -0.2) is 17.6 Å². The average molecular weight is 451 g/mol. The second-order valence-electron chi connectivity index (χ2n) is 5.79. The third-order valence-corrected chi connectivity index (χ3v) is 5.86. The van der Waals surface area contributed by atoms with Crippen molar-refractivity contribution in [3.05, 3.63) is 74.5 Å². The third kappa shape index (κ3) is 4.47. The van der Waals surface area contributed by atoms with E-state index in [0.717, 1.165) is 39.0 Å². The summed E-state index contributed by atoms with van der Waals surface area (Å²) in [7, 11) is 0. The van der Waals surface area contributed by atoms with E-state index in [-0.39, 0.29) is 0 Å². The number of hydrogen-bond acceptors (Lipinski definition) is 3. The summed E-state index contributed by atoms with van der Waals surface area (Å²) in [6, 6.07) is 15.4. The molecule has 0 aliphatic carbocycles.